The molecule has 2 aromatic carbocycles. The van der Waals surface area contributed by atoms with Gasteiger partial charge < -0.3 is 4.90 Å². The zero-order chi connectivity index (χ0) is 17.8. The van der Waals surface area contributed by atoms with Gasteiger partial charge in [0.15, 0.2) is 6.33 Å². The lowest BCUT2D eigenvalue weighted by molar-refractivity contribution is 0.137. The Balaban J connectivity index is 1.66. The maximum Gasteiger partial charge on any atom is 0.162 e. The molecule has 0 saturated carbocycles. The van der Waals surface area contributed by atoms with Crippen molar-refractivity contribution in [1.82, 2.24) is 25.1 Å². The molecule has 0 amide bonds. The molecule has 2 atom stereocenters. The van der Waals surface area contributed by atoms with Crippen LogP contribution in [0, 0.1) is 5.92 Å². The van der Waals surface area contributed by atoms with E-state index in [-0.39, 0.29) is 6.04 Å². The topological polar surface area (TPSA) is 46.8 Å². The number of fused-ring (bicyclic) bond motifs is 1. The third-order valence-electron chi connectivity index (χ3n) is 5.55. The standard InChI is InChI=1S/C21H27N5/c1-2-3-12-25-13-6-9-20(15-25)21(26-23-16-22-24-26)19-11-10-17-7-4-5-8-18(17)14-19/h4-5,7-8,10-11,14,16,20-21H,2-3,6,9,12-13,15H2,1H3/t20-,21?/m0/s1. The van der Waals surface area contributed by atoms with Crippen LogP contribution in [0.5, 0.6) is 0 Å². The molecule has 0 N–H and O–H groups in total. The van der Waals surface area contributed by atoms with Crippen molar-refractivity contribution in [2.45, 2.75) is 38.6 Å². The maximum atomic E-state index is 4.41. The van der Waals surface area contributed by atoms with Crippen LogP contribution >= 0.6 is 0 Å². The predicted molar refractivity (Wildman–Crippen MR) is 104 cm³/mol. The maximum absolute atomic E-state index is 4.41. The molecule has 0 aliphatic carbocycles. The summed E-state index contributed by atoms with van der Waals surface area (Å²) in [4.78, 5) is 4.43. The van der Waals surface area contributed by atoms with E-state index in [0.717, 1.165) is 6.54 Å². The second kappa shape index (κ2) is 7.96. The molecule has 1 aliphatic rings. The number of unbranched alkanes of at least 4 members (excludes halogenated alkanes) is 1. The lowest BCUT2D eigenvalue weighted by Gasteiger charge is -2.36. The Morgan fingerprint density at radius 3 is 2.85 bits per heavy atom. The summed E-state index contributed by atoms with van der Waals surface area (Å²) in [5.74, 6) is 0.510. The van der Waals surface area contributed by atoms with E-state index in [1.807, 2.05) is 4.80 Å². The first-order valence-corrected chi connectivity index (χ1v) is 9.78. The van der Waals surface area contributed by atoms with Gasteiger partial charge in [0.2, 0.25) is 0 Å². The molecular weight excluding hydrogens is 322 g/mol. The lowest BCUT2D eigenvalue weighted by Crippen LogP contribution is -2.40. The van der Waals surface area contributed by atoms with Gasteiger partial charge in [-0.3, -0.25) is 0 Å². The van der Waals surface area contributed by atoms with Crippen molar-refractivity contribution in [2.24, 2.45) is 5.92 Å². The van der Waals surface area contributed by atoms with E-state index >= 15 is 0 Å². The van der Waals surface area contributed by atoms with Crippen molar-refractivity contribution in [3.05, 3.63) is 54.4 Å². The minimum Gasteiger partial charge on any atom is -0.303 e. The first-order chi connectivity index (χ1) is 12.8. The van der Waals surface area contributed by atoms with Gasteiger partial charge in [0.25, 0.3) is 0 Å². The van der Waals surface area contributed by atoms with Crippen LogP contribution < -0.4 is 0 Å². The summed E-state index contributed by atoms with van der Waals surface area (Å²) in [6.07, 6.45) is 6.52. The molecule has 3 aromatic rings. The Morgan fingerprint density at radius 1 is 1.15 bits per heavy atom. The van der Waals surface area contributed by atoms with Crippen LogP contribution in [-0.4, -0.2) is 44.7 Å². The number of hydrogen-bond acceptors (Lipinski definition) is 4. The summed E-state index contributed by atoms with van der Waals surface area (Å²) in [5, 5.41) is 15.2. The fourth-order valence-electron chi connectivity index (χ4n) is 4.22. The summed E-state index contributed by atoms with van der Waals surface area (Å²) in [6, 6.07) is 15.4. The summed E-state index contributed by atoms with van der Waals surface area (Å²) in [7, 11) is 0. The molecular formula is C21H27N5. The average molecular weight is 349 g/mol. The minimum absolute atomic E-state index is 0.145. The SMILES string of the molecule is CCCCN1CCC[C@H](C(c2ccc3ccccc3c2)n2ncnn2)C1. The summed E-state index contributed by atoms with van der Waals surface area (Å²) in [5.41, 5.74) is 1.28. The highest BCUT2D eigenvalue weighted by Crippen LogP contribution is 2.33. The highest BCUT2D eigenvalue weighted by Gasteiger charge is 2.31. The molecule has 0 spiro atoms. The summed E-state index contributed by atoms with van der Waals surface area (Å²) >= 11 is 0. The monoisotopic (exact) mass is 349 g/mol. The van der Waals surface area contributed by atoms with Gasteiger partial charge in [0, 0.05) is 12.5 Å². The molecule has 1 fully saturated rings. The second-order valence-corrected chi connectivity index (χ2v) is 7.36. The highest BCUT2D eigenvalue weighted by atomic mass is 15.6. The molecule has 5 heteroatoms. The van der Waals surface area contributed by atoms with Gasteiger partial charge in [-0.05, 0) is 60.0 Å². The van der Waals surface area contributed by atoms with Crippen molar-refractivity contribution < 1.29 is 0 Å². The van der Waals surface area contributed by atoms with Crippen LogP contribution in [0.4, 0.5) is 0 Å². The van der Waals surface area contributed by atoms with Crippen LogP contribution in [0.3, 0.4) is 0 Å². The Morgan fingerprint density at radius 2 is 2.04 bits per heavy atom. The van der Waals surface area contributed by atoms with Gasteiger partial charge in [-0.2, -0.15) is 4.80 Å². The third kappa shape index (κ3) is 3.63. The van der Waals surface area contributed by atoms with Crippen molar-refractivity contribution in [1.29, 1.82) is 0 Å². The smallest absolute Gasteiger partial charge is 0.162 e. The van der Waals surface area contributed by atoms with Gasteiger partial charge in [0.05, 0.1) is 0 Å². The van der Waals surface area contributed by atoms with E-state index in [1.54, 1.807) is 6.33 Å². The highest BCUT2D eigenvalue weighted by molar-refractivity contribution is 5.83. The van der Waals surface area contributed by atoms with E-state index in [1.165, 1.54) is 55.1 Å². The number of rotatable bonds is 6. The van der Waals surface area contributed by atoms with Crippen LogP contribution in [0.2, 0.25) is 0 Å². The molecule has 4 rings (SSSR count). The molecule has 1 saturated heterocycles. The molecule has 0 bridgehead atoms. The lowest BCUT2D eigenvalue weighted by atomic mass is 9.86. The van der Waals surface area contributed by atoms with Crippen LogP contribution in [0.1, 0.15) is 44.2 Å². The Bertz CT molecular complexity index is 829. The Labute approximate surface area is 155 Å². The number of tetrazole rings is 1. The average Bonchev–Trinajstić information content (AvgIpc) is 3.21. The first kappa shape index (κ1) is 17.2. The molecule has 1 aliphatic heterocycles. The Kier molecular flexibility index (Phi) is 5.25. The zero-order valence-corrected chi connectivity index (χ0v) is 15.5. The third-order valence-corrected chi connectivity index (χ3v) is 5.55. The van der Waals surface area contributed by atoms with Crippen molar-refractivity contribution in [3.63, 3.8) is 0 Å². The minimum atomic E-state index is 0.145. The van der Waals surface area contributed by atoms with Gasteiger partial charge in [-0.25, -0.2) is 0 Å². The van der Waals surface area contributed by atoms with Crippen LogP contribution in [0.25, 0.3) is 10.8 Å². The van der Waals surface area contributed by atoms with E-state index in [0.29, 0.717) is 5.92 Å². The predicted octanol–water partition coefficient (Wildman–Crippen LogP) is 3.93. The van der Waals surface area contributed by atoms with Crippen LogP contribution in [0.15, 0.2) is 48.8 Å². The summed E-state index contributed by atoms with van der Waals surface area (Å²) in [6.45, 7) is 5.78. The van der Waals surface area contributed by atoms with E-state index in [9.17, 15) is 0 Å². The summed E-state index contributed by atoms with van der Waals surface area (Å²) < 4.78 is 0. The molecule has 0 radical (unpaired) electrons. The fourth-order valence-corrected chi connectivity index (χ4v) is 4.22. The molecule has 5 nitrogen and oxygen atoms in total. The number of benzene rings is 2. The molecule has 1 aromatic heterocycles. The van der Waals surface area contributed by atoms with Gasteiger partial charge in [-0.1, -0.05) is 49.7 Å². The van der Waals surface area contributed by atoms with Gasteiger partial charge in [0.1, 0.15) is 6.04 Å². The van der Waals surface area contributed by atoms with E-state index in [2.05, 4.69) is 69.7 Å². The molecule has 136 valence electrons. The van der Waals surface area contributed by atoms with Crippen molar-refractivity contribution >= 4 is 10.8 Å². The largest absolute Gasteiger partial charge is 0.303 e. The van der Waals surface area contributed by atoms with Gasteiger partial charge >= 0.3 is 0 Å². The molecule has 26 heavy (non-hydrogen) atoms. The quantitative estimate of drug-likeness (QED) is 0.676. The normalized spacial score (nSPS) is 19.7. The number of likely N-dealkylation sites (tertiary alicyclic amines) is 1. The first-order valence-electron chi connectivity index (χ1n) is 9.78. The number of piperidine rings is 1. The van der Waals surface area contributed by atoms with E-state index in [4.69, 9.17) is 0 Å². The van der Waals surface area contributed by atoms with Crippen LogP contribution in [-0.2, 0) is 0 Å². The van der Waals surface area contributed by atoms with Gasteiger partial charge in [-0.15, -0.1) is 10.2 Å². The number of nitrogens with zero attached hydrogens (tertiary/aromatic N) is 5. The molecule has 1 unspecified atom stereocenters. The van der Waals surface area contributed by atoms with E-state index < -0.39 is 0 Å². The fraction of sp³-hybridized carbons (Fsp3) is 0.476. The number of hydrogen-bond donors (Lipinski definition) is 0. The molecule has 2 heterocycles. The zero-order valence-electron chi connectivity index (χ0n) is 15.5. The van der Waals surface area contributed by atoms with Crippen molar-refractivity contribution in [2.75, 3.05) is 19.6 Å². The second-order valence-electron chi connectivity index (χ2n) is 7.36. The number of aromatic nitrogens is 4. The Hall–Kier alpha value is -2.27. The van der Waals surface area contributed by atoms with Crippen molar-refractivity contribution in [3.8, 4) is 0 Å².